The van der Waals surface area contributed by atoms with E-state index in [1.807, 2.05) is 17.5 Å². The van der Waals surface area contributed by atoms with E-state index in [1.165, 1.54) is 41.7 Å². The SMILES string of the molecule is C/C(=N/NC(=O)CN(c1cccc(Cl)c1)S(=O)(=O)c1ccc(Cl)cc1)c1cccs1. The summed E-state index contributed by atoms with van der Waals surface area (Å²) in [6, 6.07) is 15.7. The van der Waals surface area contributed by atoms with Gasteiger partial charge in [0.25, 0.3) is 15.9 Å². The highest BCUT2D eigenvalue weighted by molar-refractivity contribution is 7.92. The predicted molar refractivity (Wildman–Crippen MR) is 122 cm³/mol. The highest BCUT2D eigenvalue weighted by Crippen LogP contribution is 2.26. The van der Waals surface area contributed by atoms with Gasteiger partial charge in [0.15, 0.2) is 0 Å². The van der Waals surface area contributed by atoms with E-state index in [0.29, 0.717) is 15.8 Å². The molecular formula is C20H17Cl2N3O3S2. The average molecular weight is 482 g/mol. The van der Waals surface area contributed by atoms with Gasteiger partial charge >= 0.3 is 0 Å². The summed E-state index contributed by atoms with van der Waals surface area (Å²) in [6.07, 6.45) is 0. The molecule has 0 atom stereocenters. The van der Waals surface area contributed by atoms with Crippen molar-refractivity contribution in [3.8, 4) is 0 Å². The minimum Gasteiger partial charge on any atom is -0.271 e. The van der Waals surface area contributed by atoms with Crippen LogP contribution in [0, 0.1) is 0 Å². The Labute approximate surface area is 188 Å². The molecular weight excluding hydrogens is 465 g/mol. The molecule has 1 N–H and O–H groups in total. The van der Waals surface area contributed by atoms with Gasteiger partial charge in [-0.05, 0) is 60.8 Å². The number of hydrazone groups is 1. The number of nitrogens with zero attached hydrogens (tertiary/aromatic N) is 2. The molecule has 0 saturated carbocycles. The van der Waals surface area contributed by atoms with Crippen LogP contribution in [0.3, 0.4) is 0 Å². The molecule has 0 radical (unpaired) electrons. The molecule has 1 amide bonds. The summed E-state index contributed by atoms with van der Waals surface area (Å²) in [6.45, 7) is 1.28. The van der Waals surface area contributed by atoms with Crippen LogP contribution in [0.25, 0.3) is 0 Å². The number of thiophene rings is 1. The van der Waals surface area contributed by atoms with E-state index in [1.54, 1.807) is 25.1 Å². The first-order valence-corrected chi connectivity index (χ1v) is 11.8. The highest BCUT2D eigenvalue weighted by atomic mass is 35.5. The van der Waals surface area contributed by atoms with E-state index in [4.69, 9.17) is 23.2 Å². The molecule has 0 aliphatic rings. The summed E-state index contributed by atoms with van der Waals surface area (Å²) in [5, 5.41) is 6.70. The molecule has 1 heterocycles. The summed E-state index contributed by atoms with van der Waals surface area (Å²) in [4.78, 5) is 13.4. The van der Waals surface area contributed by atoms with Crippen LogP contribution >= 0.6 is 34.5 Å². The Morgan fingerprint density at radius 1 is 1.07 bits per heavy atom. The topological polar surface area (TPSA) is 78.8 Å². The number of benzene rings is 2. The fourth-order valence-electron chi connectivity index (χ4n) is 2.53. The van der Waals surface area contributed by atoms with Gasteiger partial charge in [-0.15, -0.1) is 11.3 Å². The largest absolute Gasteiger partial charge is 0.271 e. The van der Waals surface area contributed by atoms with Gasteiger partial charge in [-0.25, -0.2) is 13.8 Å². The second kappa shape index (κ2) is 9.61. The first-order valence-electron chi connectivity index (χ1n) is 8.68. The van der Waals surface area contributed by atoms with Crippen LogP contribution < -0.4 is 9.73 Å². The average Bonchev–Trinajstić information content (AvgIpc) is 3.25. The fraction of sp³-hybridized carbons (Fsp3) is 0.100. The van der Waals surface area contributed by atoms with E-state index >= 15 is 0 Å². The molecule has 2 aromatic carbocycles. The van der Waals surface area contributed by atoms with Crippen molar-refractivity contribution in [1.82, 2.24) is 5.43 Å². The van der Waals surface area contributed by atoms with E-state index in [-0.39, 0.29) is 10.6 Å². The number of carbonyl (C=O) groups excluding carboxylic acids is 1. The lowest BCUT2D eigenvalue weighted by atomic mass is 10.3. The maximum Gasteiger partial charge on any atom is 0.264 e. The Morgan fingerprint density at radius 3 is 2.43 bits per heavy atom. The third-order valence-electron chi connectivity index (χ3n) is 4.01. The zero-order valence-corrected chi connectivity index (χ0v) is 18.9. The fourth-order valence-corrected chi connectivity index (χ4v) is 4.93. The van der Waals surface area contributed by atoms with Crippen LogP contribution in [-0.4, -0.2) is 26.6 Å². The Hall–Kier alpha value is -2.39. The molecule has 0 unspecified atom stereocenters. The summed E-state index contributed by atoms with van der Waals surface area (Å²) in [7, 11) is -4.06. The number of hydrogen-bond donors (Lipinski definition) is 1. The van der Waals surface area contributed by atoms with Crippen molar-refractivity contribution in [2.75, 3.05) is 10.8 Å². The summed E-state index contributed by atoms with van der Waals surface area (Å²) < 4.78 is 27.5. The van der Waals surface area contributed by atoms with E-state index in [2.05, 4.69) is 10.5 Å². The number of halogens is 2. The summed E-state index contributed by atoms with van der Waals surface area (Å²) >= 11 is 13.4. The number of hydrogen-bond acceptors (Lipinski definition) is 5. The first kappa shape index (κ1) is 22.3. The number of amides is 1. The van der Waals surface area contributed by atoms with Crippen LogP contribution in [0.1, 0.15) is 11.8 Å². The van der Waals surface area contributed by atoms with Gasteiger partial charge in [0.05, 0.1) is 16.3 Å². The number of anilines is 1. The molecule has 6 nitrogen and oxygen atoms in total. The van der Waals surface area contributed by atoms with Crippen molar-refractivity contribution in [3.05, 3.63) is 81.0 Å². The molecule has 156 valence electrons. The summed E-state index contributed by atoms with van der Waals surface area (Å²) in [5.41, 5.74) is 3.29. The quantitative estimate of drug-likeness (QED) is 0.389. The molecule has 0 bridgehead atoms. The van der Waals surface area contributed by atoms with Crippen LogP contribution in [0.4, 0.5) is 5.69 Å². The zero-order valence-electron chi connectivity index (χ0n) is 15.7. The molecule has 1 aromatic heterocycles. The van der Waals surface area contributed by atoms with Crippen molar-refractivity contribution in [1.29, 1.82) is 0 Å². The van der Waals surface area contributed by atoms with Gasteiger partial charge in [-0.1, -0.05) is 35.3 Å². The smallest absolute Gasteiger partial charge is 0.264 e. The third kappa shape index (κ3) is 5.40. The third-order valence-corrected chi connectivity index (χ3v) is 7.26. The summed E-state index contributed by atoms with van der Waals surface area (Å²) in [5.74, 6) is -0.594. The number of carbonyl (C=O) groups is 1. The minimum absolute atomic E-state index is 0.00190. The van der Waals surface area contributed by atoms with Crippen molar-refractivity contribution in [3.63, 3.8) is 0 Å². The molecule has 0 aliphatic carbocycles. The van der Waals surface area contributed by atoms with Gasteiger partial charge in [-0.2, -0.15) is 5.10 Å². The van der Waals surface area contributed by atoms with Gasteiger partial charge in [0.1, 0.15) is 6.54 Å². The predicted octanol–water partition coefficient (Wildman–Crippen LogP) is 4.79. The minimum atomic E-state index is -4.06. The molecule has 3 rings (SSSR count). The molecule has 0 aliphatic heterocycles. The van der Waals surface area contributed by atoms with Gasteiger partial charge in [0, 0.05) is 14.9 Å². The molecule has 0 fully saturated rings. The van der Waals surface area contributed by atoms with Crippen molar-refractivity contribution >= 4 is 61.9 Å². The Kier molecular flexibility index (Phi) is 7.14. The number of rotatable bonds is 7. The van der Waals surface area contributed by atoms with Crippen molar-refractivity contribution in [2.45, 2.75) is 11.8 Å². The van der Waals surface area contributed by atoms with Gasteiger partial charge in [-0.3, -0.25) is 9.10 Å². The molecule has 3 aromatic rings. The van der Waals surface area contributed by atoms with Crippen LogP contribution in [-0.2, 0) is 14.8 Å². The van der Waals surface area contributed by atoms with Crippen molar-refractivity contribution < 1.29 is 13.2 Å². The zero-order chi connectivity index (χ0) is 21.7. The maximum absolute atomic E-state index is 13.2. The molecule has 0 saturated heterocycles. The Morgan fingerprint density at radius 2 is 1.80 bits per heavy atom. The standard InChI is InChI=1S/C20H17Cl2N3O3S2/c1-14(19-6-3-11-29-19)23-24-20(26)13-25(17-5-2-4-16(22)12-17)30(27,28)18-9-7-15(21)8-10-18/h2-12H,13H2,1H3,(H,24,26)/b23-14-. The van der Waals surface area contributed by atoms with Gasteiger partial charge in [0.2, 0.25) is 0 Å². The molecule has 10 heteroatoms. The van der Waals surface area contributed by atoms with Crippen LogP contribution in [0.2, 0.25) is 10.0 Å². The van der Waals surface area contributed by atoms with E-state index in [9.17, 15) is 13.2 Å². The van der Waals surface area contributed by atoms with Crippen molar-refractivity contribution in [2.24, 2.45) is 5.10 Å². The van der Waals surface area contributed by atoms with Crippen LogP contribution in [0.5, 0.6) is 0 Å². The molecule has 30 heavy (non-hydrogen) atoms. The normalized spacial score (nSPS) is 11.9. The Balaban J connectivity index is 1.89. The maximum atomic E-state index is 13.2. The van der Waals surface area contributed by atoms with E-state index < -0.39 is 22.5 Å². The van der Waals surface area contributed by atoms with E-state index in [0.717, 1.165) is 9.18 Å². The van der Waals surface area contributed by atoms with Gasteiger partial charge < -0.3 is 0 Å². The number of sulfonamides is 1. The lowest BCUT2D eigenvalue weighted by Gasteiger charge is -2.24. The monoisotopic (exact) mass is 481 g/mol. The van der Waals surface area contributed by atoms with Crippen LogP contribution in [0.15, 0.2) is 76.0 Å². The number of nitrogens with one attached hydrogen (secondary N) is 1. The second-order valence-corrected chi connectivity index (χ2v) is 9.84. The highest BCUT2D eigenvalue weighted by Gasteiger charge is 2.27. The lowest BCUT2D eigenvalue weighted by molar-refractivity contribution is -0.119. The second-order valence-electron chi connectivity index (χ2n) is 6.15. The first-order chi connectivity index (χ1) is 14.3. The lowest BCUT2D eigenvalue weighted by Crippen LogP contribution is -2.39. The Bertz CT molecular complexity index is 1160. The molecule has 0 spiro atoms.